The molecule has 0 aliphatic carbocycles. The van der Waals surface area contributed by atoms with Gasteiger partial charge in [-0.1, -0.05) is 0 Å². The lowest BCUT2D eigenvalue weighted by Crippen LogP contribution is -2.13. The summed E-state index contributed by atoms with van der Waals surface area (Å²) in [6.07, 6.45) is 0. The second-order valence-corrected chi connectivity index (χ2v) is 3.60. The number of anilines is 1. The number of rotatable bonds is 2. The Balaban J connectivity index is 2.99. The average Bonchev–Trinajstić information content (AvgIpc) is 2.14. The zero-order valence-electron chi connectivity index (χ0n) is 7.31. The van der Waals surface area contributed by atoms with Crippen LogP contribution in [-0.2, 0) is 0 Å². The van der Waals surface area contributed by atoms with Crippen molar-refractivity contribution in [3.8, 4) is 6.07 Å². The van der Waals surface area contributed by atoms with Gasteiger partial charge >= 0.3 is 0 Å². The van der Waals surface area contributed by atoms with Gasteiger partial charge in [0.05, 0.1) is 16.2 Å². The molecule has 0 aliphatic rings. The van der Waals surface area contributed by atoms with Crippen molar-refractivity contribution in [1.82, 2.24) is 0 Å². The topological polar surface area (TPSA) is 35.8 Å². The first-order chi connectivity index (χ1) is 6.54. The maximum Gasteiger partial charge on any atom is 0.149 e. The number of halogens is 3. The Morgan fingerprint density at radius 2 is 2.07 bits per heavy atom. The summed E-state index contributed by atoms with van der Waals surface area (Å²) in [4.78, 5) is 0. The first-order valence-electron chi connectivity index (χ1n) is 3.85. The van der Waals surface area contributed by atoms with Crippen molar-refractivity contribution in [2.75, 3.05) is 5.32 Å². The number of nitrogens with zero attached hydrogens (tertiary/aromatic N) is 1. The smallest absolute Gasteiger partial charge is 0.149 e. The molecule has 1 aromatic carbocycles. The molecule has 2 nitrogen and oxygen atoms in total. The summed E-state index contributed by atoms with van der Waals surface area (Å²) in [6, 6.07) is 3.38. The molecule has 1 N–H and O–H groups in total. The summed E-state index contributed by atoms with van der Waals surface area (Å²) in [7, 11) is 0. The molecule has 74 valence electrons. The van der Waals surface area contributed by atoms with E-state index in [0.29, 0.717) is 0 Å². The minimum atomic E-state index is -0.715. The molecule has 0 amide bonds. The summed E-state index contributed by atoms with van der Waals surface area (Å²) < 4.78 is 26.1. The quantitative estimate of drug-likeness (QED) is 0.830. The van der Waals surface area contributed by atoms with Crippen LogP contribution < -0.4 is 5.32 Å². The van der Waals surface area contributed by atoms with Crippen molar-refractivity contribution in [3.05, 3.63) is 28.2 Å². The van der Waals surface area contributed by atoms with E-state index >= 15 is 0 Å². The zero-order chi connectivity index (χ0) is 10.7. The number of nitrogens with one attached hydrogen (secondary N) is 1. The lowest BCUT2D eigenvalue weighted by Gasteiger charge is -2.09. The second kappa shape index (κ2) is 4.38. The van der Waals surface area contributed by atoms with Crippen LogP contribution in [0.15, 0.2) is 16.6 Å². The predicted molar refractivity (Wildman–Crippen MR) is 52.8 cm³/mol. The van der Waals surface area contributed by atoms with Gasteiger partial charge in [0.2, 0.25) is 0 Å². The van der Waals surface area contributed by atoms with E-state index in [-0.39, 0.29) is 10.2 Å². The van der Waals surface area contributed by atoms with E-state index in [9.17, 15) is 8.78 Å². The van der Waals surface area contributed by atoms with Crippen LogP contribution in [-0.4, -0.2) is 6.04 Å². The zero-order valence-corrected chi connectivity index (χ0v) is 8.90. The van der Waals surface area contributed by atoms with Crippen LogP contribution in [0.2, 0.25) is 0 Å². The Bertz CT molecular complexity index is 387. The van der Waals surface area contributed by atoms with Gasteiger partial charge in [0.1, 0.15) is 17.7 Å². The summed E-state index contributed by atoms with van der Waals surface area (Å²) in [5.41, 5.74) is 0.104. The van der Waals surface area contributed by atoms with Gasteiger partial charge in [0, 0.05) is 6.07 Å². The highest BCUT2D eigenvalue weighted by Crippen LogP contribution is 2.23. The molecule has 0 fully saturated rings. The van der Waals surface area contributed by atoms with Crippen molar-refractivity contribution in [2.45, 2.75) is 13.0 Å². The fraction of sp³-hybridized carbons (Fsp3) is 0.222. The maximum atomic E-state index is 13.1. The van der Waals surface area contributed by atoms with Crippen molar-refractivity contribution < 1.29 is 8.78 Å². The number of benzene rings is 1. The molecule has 14 heavy (non-hydrogen) atoms. The van der Waals surface area contributed by atoms with E-state index < -0.39 is 17.7 Å². The summed E-state index contributed by atoms with van der Waals surface area (Å²) in [5.74, 6) is -1.38. The van der Waals surface area contributed by atoms with E-state index in [2.05, 4.69) is 21.2 Å². The number of nitriles is 1. The van der Waals surface area contributed by atoms with Crippen molar-refractivity contribution >= 4 is 21.6 Å². The molecule has 1 unspecified atom stereocenters. The Labute approximate surface area is 88.7 Å². The molecule has 0 heterocycles. The van der Waals surface area contributed by atoms with Gasteiger partial charge < -0.3 is 5.32 Å². The normalized spacial score (nSPS) is 11.9. The van der Waals surface area contributed by atoms with Crippen LogP contribution in [0.25, 0.3) is 0 Å². The molecule has 5 heteroatoms. The third kappa shape index (κ3) is 2.42. The van der Waals surface area contributed by atoms with Crippen LogP contribution in [0.5, 0.6) is 0 Å². The van der Waals surface area contributed by atoms with E-state index in [1.165, 1.54) is 6.07 Å². The van der Waals surface area contributed by atoms with E-state index in [1.54, 1.807) is 6.92 Å². The minimum Gasteiger partial charge on any atom is -0.368 e. The minimum absolute atomic E-state index is 0.104. The van der Waals surface area contributed by atoms with Gasteiger partial charge in [-0.3, -0.25) is 0 Å². The van der Waals surface area contributed by atoms with Crippen molar-refractivity contribution in [1.29, 1.82) is 5.26 Å². The van der Waals surface area contributed by atoms with Gasteiger partial charge in [-0.25, -0.2) is 8.78 Å². The first kappa shape index (κ1) is 10.9. The van der Waals surface area contributed by atoms with Crippen LogP contribution in [0, 0.1) is 23.0 Å². The molecule has 0 saturated heterocycles. The molecule has 1 atom stereocenters. The monoisotopic (exact) mass is 260 g/mol. The fourth-order valence-electron chi connectivity index (χ4n) is 0.899. The Morgan fingerprint density at radius 3 is 2.64 bits per heavy atom. The highest BCUT2D eigenvalue weighted by Gasteiger charge is 2.09. The third-order valence-electron chi connectivity index (χ3n) is 1.58. The average molecular weight is 261 g/mol. The standard InChI is InChI=1S/C9H7BrF2N2/c1-5(4-13)14-9-2-6(10)7(11)3-8(9)12/h2-3,5,14H,1H3. The molecule has 0 spiro atoms. The highest BCUT2D eigenvalue weighted by atomic mass is 79.9. The Kier molecular flexibility index (Phi) is 3.42. The van der Waals surface area contributed by atoms with Gasteiger partial charge in [-0.05, 0) is 28.9 Å². The van der Waals surface area contributed by atoms with E-state index in [4.69, 9.17) is 5.26 Å². The second-order valence-electron chi connectivity index (χ2n) is 2.74. The number of hydrogen-bond acceptors (Lipinski definition) is 2. The molecule has 0 aliphatic heterocycles. The third-order valence-corrected chi connectivity index (χ3v) is 2.18. The molecule has 1 rings (SSSR count). The van der Waals surface area contributed by atoms with Crippen molar-refractivity contribution in [2.24, 2.45) is 0 Å². The van der Waals surface area contributed by atoms with Gasteiger partial charge in [0.15, 0.2) is 0 Å². The molecule has 0 saturated carbocycles. The summed E-state index contributed by atoms with van der Waals surface area (Å²) >= 11 is 2.93. The van der Waals surface area contributed by atoms with Crippen molar-refractivity contribution in [3.63, 3.8) is 0 Å². The lowest BCUT2D eigenvalue weighted by molar-refractivity contribution is 0.580. The van der Waals surface area contributed by atoms with Crippen LogP contribution >= 0.6 is 15.9 Å². The SMILES string of the molecule is CC(C#N)Nc1cc(Br)c(F)cc1F. The molecule has 0 bridgehead atoms. The predicted octanol–water partition coefficient (Wildman–Crippen LogP) is 3.05. The van der Waals surface area contributed by atoms with Crippen LogP contribution in [0.4, 0.5) is 14.5 Å². The lowest BCUT2D eigenvalue weighted by atomic mass is 10.2. The Morgan fingerprint density at radius 1 is 1.43 bits per heavy atom. The first-order valence-corrected chi connectivity index (χ1v) is 4.64. The fourth-order valence-corrected chi connectivity index (χ4v) is 1.24. The largest absolute Gasteiger partial charge is 0.368 e. The van der Waals surface area contributed by atoms with Gasteiger partial charge in [-0.2, -0.15) is 5.26 Å². The van der Waals surface area contributed by atoms with Gasteiger partial charge in [-0.15, -0.1) is 0 Å². The summed E-state index contributed by atoms with van der Waals surface area (Å²) in [6.45, 7) is 1.58. The van der Waals surface area contributed by atoms with Crippen LogP contribution in [0.3, 0.4) is 0 Å². The van der Waals surface area contributed by atoms with E-state index in [0.717, 1.165) is 6.07 Å². The molecular weight excluding hydrogens is 254 g/mol. The van der Waals surface area contributed by atoms with Crippen LogP contribution in [0.1, 0.15) is 6.92 Å². The number of hydrogen-bond donors (Lipinski definition) is 1. The molecule has 0 aromatic heterocycles. The summed E-state index contributed by atoms with van der Waals surface area (Å²) in [5, 5.41) is 11.1. The van der Waals surface area contributed by atoms with Gasteiger partial charge in [0.25, 0.3) is 0 Å². The molecule has 1 aromatic rings. The Hall–Kier alpha value is -1.15. The maximum absolute atomic E-state index is 13.1. The molecular formula is C9H7BrF2N2. The highest BCUT2D eigenvalue weighted by molar-refractivity contribution is 9.10. The molecule has 0 radical (unpaired) electrons. The van der Waals surface area contributed by atoms with E-state index in [1.807, 2.05) is 6.07 Å².